The zero-order chi connectivity index (χ0) is 35.6. The minimum absolute atomic E-state index is 0.0813. The molecule has 1 aliphatic heterocycles. The van der Waals surface area contributed by atoms with E-state index >= 15 is 0 Å². The van der Waals surface area contributed by atoms with E-state index in [1.54, 1.807) is 35.3 Å². The maximum atomic E-state index is 14.0. The minimum Gasteiger partial charge on any atom is -0.508 e. The highest BCUT2D eigenvalue weighted by molar-refractivity contribution is 6.03. The molecule has 1 fully saturated rings. The Morgan fingerprint density at radius 3 is 2.51 bits per heavy atom. The summed E-state index contributed by atoms with van der Waals surface area (Å²) in [6, 6.07) is 4.55. The van der Waals surface area contributed by atoms with E-state index in [0.29, 0.717) is 44.4 Å². The predicted molar refractivity (Wildman–Crippen MR) is 191 cm³/mol. The van der Waals surface area contributed by atoms with Gasteiger partial charge in [0.05, 0.1) is 24.8 Å². The molecule has 10 heteroatoms. The van der Waals surface area contributed by atoms with Crippen LogP contribution in [0.1, 0.15) is 97.0 Å². The molecule has 1 saturated carbocycles. The van der Waals surface area contributed by atoms with Gasteiger partial charge in [0.2, 0.25) is 5.79 Å². The monoisotopic (exact) mass is 682 g/mol. The van der Waals surface area contributed by atoms with Gasteiger partial charge in [-0.25, -0.2) is 4.79 Å². The molecule has 6 atom stereocenters. The molecule has 1 aromatic rings. The highest BCUT2D eigenvalue weighted by atomic mass is 16.7. The van der Waals surface area contributed by atoms with E-state index in [4.69, 9.17) is 24.2 Å². The molecular weight excluding hydrogens is 624 g/mol. The quantitative estimate of drug-likeness (QED) is 0.0839. The molecule has 0 saturated heterocycles. The normalized spacial score (nSPS) is 26.5. The number of unbranched alkanes of at least 4 members (excludes halogenated alkanes) is 2. The highest BCUT2D eigenvalue weighted by Gasteiger charge is 2.65. The Labute approximate surface area is 292 Å². The fourth-order valence-electron chi connectivity index (χ4n) is 7.78. The lowest BCUT2D eigenvalue weighted by Gasteiger charge is -2.60. The summed E-state index contributed by atoms with van der Waals surface area (Å²) in [5.74, 6) is -1.06. The third kappa shape index (κ3) is 8.88. The number of hydrogen-bond acceptors (Lipinski definition) is 9. The number of nitrogens with zero attached hydrogens (tertiary/aromatic N) is 2. The van der Waals surface area contributed by atoms with Crippen molar-refractivity contribution in [2.24, 2.45) is 22.9 Å². The summed E-state index contributed by atoms with van der Waals surface area (Å²) in [5.41, 5.74) is 1.99. The number of phenols is 1. The van der Waals surface area contributed by atoms with Crippen LogP contribution < -0.4 is 4.74 Å². The first-order chi connectivity index (χ1) is 23.5. The Hall–Kier alpha value is -3.34. The van der Waals surface area contributed by atoms with Gasteiger partial charge < -0.3 is 34.4 Å². The van der Waals surface area contributed by atoms with Gasteiger partial charge in [-0.15, -0.1) is 13.2 Å². The Bertz CT molecular complexity index is 1340. The van der Waals surface area contributed by atoms with Crippen LogP contribution in [0.2, 0.25) is 0 Å². The Balaban J connectivity index is 2.02. The van der Waals surface area contributed by atoms with Crippen LogP contribution in [-0.4, -0.2) is 82.4 Å². The third-order valence-electron chi connectivity index (χ3n) is 9.71. The van der Waals surface area contributed by atoms with Crippen LogP contribution in [-0.2, 0) is 14.3 Å². The summed E-state index contributed by atoms with van der Waals surface area (Å²) >= 11 is 0. The molecule has 0 aromatic heterocycles. The minimum atomic E-state index is -1.35. The highest BCUT2D eigenvalue weighted by Crippen LogP contribution is 2.61. The molecule has 3 N–H and O–H groups in total. The first-order valence-corrected chi connectivity index (χ1v) is 18.0. The van der Waals surface area contributed by atoms with Crippen LogP contribution in [0.4, 0.5) is 4.79 Å². The average Bonchev–Trinajstić information content (AvgIpc) is 3.07. The van der Waals surface area contributed by atoms with E-state index in [9.17, 15) is 20.1 Å². The number of benzene rings is 1. The van der Waals surface area contributed by atoms with Gasteiger partial charge in [0, 0.05) is 37.7 Å². The van der Waals surface area contributed by atoms with Gasteiger partial charge in [-0.05, 0) is 94.9 Å². The number of allylic oxidation sites excluding steroid dienone is 1. The number of aliphatic hydroxyl groups is 2. The number of amides is 1. The second kappa shape index (κ2) is 17.5. The summed E-state index contributed by atoms with van der Waals surface area (Å²) in [4.78, 5) is 21.8. The van der Waals surface area contributed by atoms with Crippen molar-refractivity contribution in [3.63, 3.8) is 0 Å². The largest absolute Gasteiger partial charge is 0.508 e. The average molecular weight is 683 g/mol. The van der Waals surface area contributed by atoms with Gasteiger partial charge in [-0.1, -0.05) is 43.1 Å². The summed E-state index contributed by atoms with van der Waals surface area (Å²) in [6.45, 7) is 16.6. The van der Waals surface area contributed by atoms with E-state index in [0.717, 1.165) is 42.5 Å². The number of carbonyl (C=O) groups excluding carboxylic acids is 1. The second-order valence-corrected chi connectivity index (χ2v) is 14.4. The number of hydrogen-bond donors (Lipinski definition) is 3. The van der Waals surface area contributed by atoms with Crippen LogP contribution >= 0.6 is 0 Å². The number of oxime groups is 1. The van der Waals surface area contributed by atoms with E-state index in [2.05, 4.69) is 19.2 Å². The van der Waals surface area contributed by atoms with Gasteiger partial charge in [0.15, 0.2) is 0 Å². The zero-order valence-electron chi connectivity index (χ0n) is 29.9. The van der Waals surface area contributed by atoms with Gasteiger partial charge in [-0.3, -0.25) is 4.90 Å². The maximum Gasteiger partial charge on any atom is 0.410 e. The van der Waals surface area contributed by atoms with Crippen LogP contribution in [0.15, 0.2) is 60.3 Å². The molecule has 1 aromatic carbocycles. The molecule has 4 rings (SSSR count). The Morgan fingerprint density at radius 2 is 1.86 bits per heavy atom. The first kappa shape index (κ1) is 38.5. The molecule has 2 aliphatic carbocycles. The SMILES string of the molecule is C=CCCOC(=O)N(CCC)C1CC(=NOC(C)(C)C)C2=CC(CCCCO)C(CCCCO)C3c4cc(O)ccc4OC1(OCC=C)C23. The van der Waals surface area contributed by atoms with E-state index < -0.39 is 29.4 Å². The molecule has 49 heavy (non-hydrogen) atoms. The Kier molecular flexibility index (Phi) is 13.8. The topological polar surface area (TPSA) is 130 Å². The molecule has 10 nitrogen and oxygen atoms in total. The second-order valence-electron chi connectivity index (χ2n) is 14.4. The number of rotatable bonds is 18. The maximum absolute atomic E-state index is 14.0. The fraction of sp³-hybridized carbons (Fsp3) is 0.641. The van der Waals surface area contributed by atoms with Gasteiger partial charge in [0.1, 0.15) is 23.1 Å². The van der Waals surface area contributed by atoms with Crippen LogP contribution in [0, 0.1) is 17.8 Å². The number of fused-ring (bicyclic) bond motifs is 2. The van der Waals surface area contributed by atoms with Crippen LogP contribution in [0.5, 0.6) is 11.5 Å². The summed E-state index contributed by atoms with van der Waals surface area (Å²) in [7, 11) is 0. The lowest BCUT2D eigenvalue weighted by molar-refractivity contribution is -0.255. The third-order valence-corrected chi connectivity index (χ3v) is 9.71. The van der Waals surface area contributed by atoms with E-state index in [1.165, 1.54) is 0 Å². The van der Waals surface area contributed by atoms with Crippen molar-refractivity contribution < 1.29 is 39.2 Å². The van der Waals surface area contributed by atoms with Crippen molar-refractivity contribution >= 4 is 11.8 Å². The van der Waals surface area contributed by atoms with Gasteiger partial charge in [-0.2, -0.15) is 0 Å². The molecule has 1 amide bonds. The van der Waals surface area contributed by atoms with Crippen molar-refractivity contribution in [1.82, 2.24) is 4.90 Å². The molecule has 0 spiro atoms. The Morgan fingerprint density at radius 1 is 1.12 bits per heavy atom. The fourth-order valence-corrected chi connectivity index (χ4v) is 7.78. The zero-order valence-corrected chi connectivity index (χ0v) is 29.9. The standard InChI is InChI=1S/C39H58N2O8/c1-7-10-23-46-37(45)41(19-8-2)34-26-32(40-49-38(4,5)6)30-24-27(15-11-13-20-42)29(16-12-14-21-43)35-31-25-28(44)17-18-33(31)48-39(34,36(30)35)47-22-9-3/h7,9,17-18,24-25,27,29,34-36,42-44H,1,3,8,10-16,19-23,26H2,2,4-6H3. The first-order valence-electron chi connectivity index (χ1n) is 18.0. The van der Waals surface area contributed by atoms with Crippen molar-refractivity contribution in [3.05, 3.63) is 60.7 Å². The van der Waals surface area contributed by atoms with Gasteiger partial charge >= 0.3 is 6.09 Å². The smallest absolute Gasteiger partial charge is 0.410 e. The van der Waals surface area contributed by atoms with Crippen molar-refractivity contribution in [2.75, 3.05) is 33.0 Å². The lowest BCUT2D eigenvalue weighted by Crippen LogP contribution is -2.70. The predicted octanol–water partition coefficient (Wildman–Crippen LogP) is 7.25. The van der Waals surface area contributed by atoms with Crippen molar-refractivity contribution in [2.45, 2.75) is 109 Å². The molecule has 1 heterocycles. The number of aliphatic hydroxyl groups excluding tert-OH is 2. The van der Waals surface area contributed by atoms with E-state index in [1.807, 2.05) is 27.7 Å². The van der Waals surface area contributed by atoms with Crippen molar-refractivity contribution in [1.29, 1.82) is 0 Å². The molecule has 0 radical (unpaired) electrons. The number of carbonyl (C=O) groups is 1. The molecule has 3 aliphatic rings. The molecular formula is C39H58N2O8. The van der Waals surface area contributed by atoms with Crippen LogP contribution in [0.3, 0.4) is 0 Å². The molecule has 6 unspecified atom stereocenters. The summed E-state index contributed by atoms with van der Waals surface area (Å²) < 4.78 is 19.8. The number of aromatic hydroxyl groups is 1. The van der Waals surface area contributed by atoms with E-state index in [-0.39, 0.29) is 49.9 Å². The molecule has 272 valence electrons. The van der Waals surface area contributed by atoms with Gasteiger partial charge in [0.25, 0.3) is 0 Å². The number of phenolic OH excluding ortho intramolecular Hbond substituents is 1. The van der Waals surface area contributed by atoms with Crippen molar-refractivity contribution in [3.8, 4) is 11.5 Å². The van der Waals surface area contributed by atoms with Crippen LogP contribution in [0.25, 0.3) is 0 Å². The molecule has 0 bridgehead atoms. The lowest BCUT2D eigenvalue weighted by atomic mass is 9.55. The summed E-state index contributed by atoms with van der Waals surface area (Å²) in [6.07, 6.45) is 11.4. The number of ether oxygens (including phenoxy) is 3. The summed E-state index contributed by atoms with van der Waals surface area (Å²) in [5, 5.41) is 35.1.